The van der Waals surface area contributed by atoms with Gasteiger partial charge in [0.15, 0.2) is 6.61 Å². The third-order valence-corrected chi connectivity index (χ3v) is 6.56. The van der Waals surface area contributed by atoms with Gasteiger partial charge >= 0.3 is 0 Å². The smallest absolute Gasteiger partial charge is 0.282 e. The summed E-state index contributed by atoms with van der Waals surface area (Å²) in [4.78, 5) is 18.2. The van der Waals surface area contributed by atoms with Crippen molar-refractivity contribution in [3.63, 3.8) is 0 Å². The maximum absolute atomic E-state index is 13.4. The second-order valence-electron chi connectivity index (χ2n) is 8.40. The van der Waals surface area contributed by atoms with Crippen molar-refractivity contribution in [2.75, 3.05) is 6.61 Å². The number of rotatable bonds is 7. The van der Waals surface area contributed by atoms with E-state index in [9.17, 15) is 4.79 Å². The molecule has 35 heavy (non-hydrogen) atoms. The molecule has 0 saturated heterocycles. The van der Waals surface area contributed by atoms with Gasteiger partial charge in [0.25, 0.3) is 5.56 Å². The SMILES string of the molecule is CC[C@@H](C)c1nc2ccc(Br)cc2c(=O)n1N=Cc1cc(C)n(-c2ccc(OCC#N)cc2)c1C. The molecule has 0 amide bonds. The fraction of sp³-hybridized carbons (Fsp3) is 0.259. The van der Waals surface area contributed by atoms with E-state index in [0.29, 0.717) is 22.5 Å². The van der Waals surface area contributed by atoms with Crippen LogP contribution >= 0.6 is 15.9 Å². The van der Waals surface area contributed by atoms with E-state index in [1.54, 1.807) is 12.3 Å². The van der Waals surface area contributed by atoms with Crippen molar-refractivity contribution in [1.29, 1.82) is 5.26 Å². The van der Waals surface area contributed by atoms with Crippen LogP contribution in [0.5, 0.6) is 5.75 Å². The summed E-state index contributed by atoms with van der Waals surface area (Å²) in [6.45, 7) is 8.17. The minimum absolute atomic E-state index is 0.0140. The number of hydrogen-bond acceptors (Lipinski definition) is 5. The number of fused-ring (bicyclic) bond motifs is 1. The summed E-state index contributed by atoms with van der Waals surface area (Å²) in [5, 5.41) is 13.8. The molecule has 2 aromatic carbocycles. The summed E-state index contributed by atoms with van der Waals surface area (Å²) in [5.41, 5.74) is 4.38. The minimum atomic E-state index is -0.190. The Morgan fingerprint density at radius 1 is 1.20 bits per heavy atom. The van der Waals surface area contributed by atoms with Crippen LogP contribution in [-0.2, 0) is 0 Å². The Balaban J connectivity index is 1.75. The lowest BCUT2D eigenvalue weighted by Gasteiger charge is -2.14. The van der Waals surface area contributed by atoms with E-state index in [0.717, 1.165) is 33.5 Å². The summed E-state index contributed by atoms with van der Waals surface area (Å²) in [5.74, 6) is 1.36. The molecule has 0 fully saturated rings. The molecular weight excluding hydrogens is 506 g/mol. The second kappa shape index (κ2) is 10.3. The van der Waals surface area contributed by atoms with Crippen LogP contribution in [0.15, 0.2) is 62.9 Å². The van der Waals surface area contributed by atoms with Gasteiger partial charge in [0, 0.05) is 33.0 Å². The van der Waals surface area contributed by atoms with Crippen molar-refractivity contribution in [3.8, 4) is 17.5 Å². The lowest BCUT2D eigenvalue weighted by Crippen LogP contribution is -2.23. The van der Waals surface area contributed by atoms with Crippen LogP contribution in [0.25, 0.3) is 16.6 Å². The molecule has 1 atom stereocenters. The molecule has 0 spiro atoms. The molecule has 4 aromatic rings. The normalized spacial score (nSPS) is 12.2. The summed E-state index contributed by atoms with van der Waals surface area (Å²) in [6, 6.07) is 17.1. The van der Waals surface area contributed by atoms with Crippen molar-refractivity contribution in [2.24, 2.45) is 5.10 Å². The maximum Gasteiger partial charge on any atom is 0.282 e. The summed E-state index contributed by atoms with van der Waals surface area (Å²) >= 11 is 3.45. The molecule has 0 N–H and O–H groups in total. The van der Waals surface area contributed by atoms with Crippen LogP contribution in [-0.4, -0.2) is 27.0 Å². The highest BCUT2D eigenvalue weighted by molar-refractivity contribution is 9.10. The molecular formula is C27H26BrN5O2. The van der Waals surface area contributed by atoms with E-state index in [-0.39, 0.29) is 18.1 Å². The zero-order chi connectivity index (χ0) is 25.1. The average molecular weight is 532 g/mol. The van der Waals surface area contributed by atoms with Crippen LogP contribution in [0.1, 0.15) is 49.0 Å². The van der Waals surface area contributed by atoms with Gasteiger partial charge in [-0.2, -0.15) is 15.0 Å². The van der Waals surface area contributed by atoms with Crippen molar-refractivity contribution in [1.82, 2.24) is 14.2 Å². The largest absolute Gasteiger partial charge is 0.479 e. The zero-order valence-electron chi connectivity index (χ0n) is 20.1. The van der Waals surface area contributed by atoms with E-state index in [1.807, 2.05) is 69.3 Å². The second-order valence-corrected chi connectivity index (χ2v) is 9.32. The van der Waals surface area contributed by atoms with Gasteiger partial charge in [-0.05, 0) is 68.8 Å². The quantitative estimate of drug-likeness (QED) is 0.279. The van der Waals surface area contributed by atoms with Crippen LogP contribution in [0.3, 0.4) is 0 Å². The van der Waals surface area contributed by atoms with Crippen molar-refractivity contribution in [2.45, 2.75) is 40.0 Å². The van der Waals surface area contributed by atoms with E-state index in [2.05, 4.69) is 32.5 Å². The van der Waals surface area contributed by atoms with Gasteiger partial charge in [0.1, 0.15) is 17.6 Å². The molecule has 4 rings (SSSR count). The highest BCUT2D eigenvalue weighted by Crippen LogP contribution is 2.23. The molecule has 2 aromatic heterocycles. The van der Waals surface area contributed by atoms with Crippen LogP contribution in [0.4, 0.5) is 0 Å². The first-order valence-electron chi connectivity index (χ1n) is 11.4. The van der Waals surface area contributed by atoms with Crippen LogP contribution in [0, 0.1) is 25.2 Å². The molecule has 0 unspecified atom stereocenters. The third kappa shape index (κ3) is 4.91. The number of nitrogens with zero attached hydrogens (tertiary/aromatic N) is 5. The minimum Gasteiger partial charge on any atom is -0.479 e. The van der Waals surface area contributed by atoms with Gasteiger partial charge in [-0.3, -0.25) is 4.79 Å². The number of aryl methyl sites for hydroxylation is 1. The number of aromatic nitrogens is 3. The van der Waals surface area contributed by atoms with Gasteiger partial charge in [0.2, 0.25) is 0 Å². The van der Waals surface area contributed by atoms with Gasteiger partial charge in [-0.1, -0.05) is 29.8 Å². The molecule has 0 saturated carbocycles. The molecule has 0 aliphatic carbocycles. The van der Waals surface area contributed by atoms with E-state index < -0.39 is 0 Å². The first-order valence-corrected chi connectivity index (χ1v) is 12.2. The average Bonchev–Trinajstić information content (AvgIpc) is 3.14. The van der Waals surface area contributed by atoms with Crippen molar-refractivity contribution in [3.05, 3.63) is 86.1 Å². The zero-order valence-corrected chi connectivity index (χ0v) is 21.7. The number of hydrogen-bond donors (Lipinski definition) is 0. The monoisotopic (exact) mass is 531 g/mol. The Kier molecular flexibility index (Phi) is 7.17. The predicted octanol–water partition coefficient (Wildman–Crippen LogP) is 5.86. The highest BCUT2D eigenvalue weighted by Gasteiger charge is 2.16. The lowest BCUT2D eigenvalue weighted by atomic mass is 10.1. The van der Waals surface area contributed by atoms with Gasteiger partial charge in [-0.15, -0.1) is 0 Å². The van der Waals surface area contributed by atoms with E-state index in [1.165, 1.54) is 4.68 Å². The summed E-state index contributed by atoms with van der Waals surface area (Å²) < 4.78 is 9.72. The van der Waals surface area contributed by atoms with Gasteiger partial charge < -0.3 is 9.30 Å². The topological polar surface area (TPSA) is 85.2 Å². The Hall–Kier alpha value is -3.70. The Morgan fingerprint density at radius 2 is 1.94 bits per heavy atom. The number of nitriles is 1. The molecule has 0 aliphatic heterocycles. The number of halogens is 1. The van der Waals surface area contributed by atoms with Crippen LogP contribution < -0.4 is 10.3 Å². The molecule has 0 radical (unpaired) electrons. The summed E-state index contributed by atoms with van der Waals surface area (Å²) in [7, 11) is 0. The standard InChI is InChI=1S/C27H26BrN5O2/c1-5-17(2)26-31-25-11-6-21(28)15-24(25)27(34)33(26)30-16-20-14-18(3)32(19(20)4)22-7-9-23(10-8-22)35-13-12-29/h6-11,14-17H,5,13H2,1-4H3/t17-/m1/s1. The molecule has 8 heteroatoms. The lowest BCUT2D eigenvalue weighted by molar-refractivity contribution is 0.368. The van der Waals surface area contributed by atoms with Gasteiger partial charge in [0.05, 0.1) is 17.1 Å². The van der Waals surface area contributed by atoms with E-state index >= 15 is 0 Å². The van der Waals surface area contributed by atoms with Gasteiger partial charge in [-0.25, -0.2) is 4.98 Å². The van der Waals surface area contributed by atoms with Crippen molar-refractivity contribution < 1.29 is 4.74 Å². The number of ether oxygens (including phenoxy) is 1. The fourth-order valence-electron chi connectivity index (χ4n) is 4.02. The third-order valence-electron chi connectivity index (χ3n) is 6.07. The molecule has 178 valence electrons. The first kappa shape index (κ1) is 24.4. The maximum atomic E-state index is 13.4. The Labute approximate surface area is 212 Å². The Bertz CT molecular complexity index is 1510. The predicted molar refractivity (Wildman–Crippen MR) is 142 cm³/mol. The summed E-state index contributed by atoms with van der Waals surface area (Å²) in [6.07, 6.45) is 2.56. The fourth-order valence-corrected chi connectivity index (χ4v) is 4.38. The Morgan fingerprint density at radius 3 is 2.63 bits per heavy atom. The van der Waals surface area contributed by atoms with Crippen LogP contribution in [0.2, 0.25) is 0 Å². The first-order chi connectivity index (χ1) is 16.8. The van der Waals surface area contributed by atoms with Crippen molar-refractivity contribution >= 4 is 33.0 Å². The molecule has 7 nitrogen and oxygen atoms in total. The van der Waals surface area contributed by atoms with E-state index in [4.69, 9.17) is 15.0 Å². The highest BCUT2D eigenvalue weighted by atomic mass is 79.9. The number of benzene rings is 2. The molecule has 0 aliphatic rings. The molecule has 2 heterocycles. The molecule has 0 bridgehead atoms.